The molecule has 0 aromatic heterocycles. The molecule has 0 bridgehead atoms. The molecule has 0 saturated heterocycles. The van der Waals surface area contributed by atoms with Crippen LogP contribution in [0.3, 0.4) is 0 Å². The maximum absolute atomic E-state index is 12.2. The number of alkyl halides is 1. The maximum Gasteiger partial charge on any atom is 0.0969 e. The molecule has 74 valence electrons. The molecule has 0 amide bonds. The van der Waals surface area contributed by atoms with Crippen molar-refractivity contribution < 1.29 is 14.2 Å². The number of hydrogen-bond donors (Lipinski definition) is 1. The minimum absolute atomic E-state index is 0.159. The SMILES string of the molecule is CC(OC(C)(C)C)C(CO)CF. The third kappa shape index (κ3) is 4.67. The highest BCUT2D eigenvalue weighted by Gasteiger charge is 2.22. The molecule has 2 nitrogen and oxygen atoms in total. The van der Waals surface area contributed by atoms with E-state index in [1.54, 1.807) is 6.92 Å². The summed E-state index contributed by atoms with van der Waals surface area (Å²) < 4.78 is 17.7. The third-order valence-corrected chi connectivity index (χ3v) is 1.64. The molecule has 12 heavy (non-hydrogen) atoms. The summed E-state index contributed by atoms with van der Waals surface area (Å²) in [5.74, 6) is -0.399. The van der Waals surface area contributed by atoms with Crippen molar-refractivity contribution in [2.45, 2.75) is 39.4 Å². The van der Waals surface area contributed by atoms with E-state index in [4.69, 9.17) is 9.84 Å². The Morgan fingerprint density at radius 1 is 1.42 bits per heavy atom. The second-order valence-corrected chi connectivity index (χ2v) is 4.03. The first-order valence-electron chi connectivity index (χ1n) is 4.25. The van der Waals surface area contributed by atoms with Crippen molar-refractivity contribution in [1.82, 2.24) is 0 Å². The maximum atomic E-state index is 12.2. The minimum Gasteiger partial charge on any atom is -0.396 e. The van der Waals surface area contributed by atoms with Gasteiger partial charge in [0.15, 0.2) is 0 Å². The summed E-state index contributed by atoms with van der Waals surface area (Å²) in [5, 5.41) is 8.77. The Bertz CT molecular complexity index is 116. The van der Waals surface area contributed by atoms with E-state index in [0.717, 1.165) is 0 Å². The number of aliphatic hydroxyl groups excluding tert-OH is 1. The minimum atomic E-state index is -0.534. The fourth-order valence-electron chi connectivity index (χ4n) is 0.977. The quantitative estimate of drug-likeness (QED) is 0.711. The molecular weight excluding hydrogens is 159 g/mol. The van der Waals surface area contributed by atoms with Crippen LogP contribution >= 0.6 is 0 Å². The van der Waals surface area contributed by atoms with E-state index in [9.17, 15) is 4.39 Å². The fraction of sp³-hybridized carbons (Fsp3) is 1.00. The standard InChI is InChI=1S/C9H19FO2/c1-7(8(5-10)6-11)12-9(2,3)4/h7-8,11H,5-6H2,1-4H3. The molecule has 0 fully saturated rings. The number of hydrogen-bond acceptors (Lipinski definition) is 2. The molecule has 0 saturated carbocycles. The smallest absolute Gasteiger partial charge is 0.0969 e. The summed E-state index contributed by atoms with van der Waals surface area (Å²) in [5.41, 5.74) is -0.276. The number of halogens is 1. The Balaban J connectivity index is 3.92. The second kappa shape index (κ2) is 4.77. The zero-order valence-corrected chi connectivity index (χ0v) is 8.30. The van der Waals surface area contributed by atoms with Gasteiger partial charge in [0.25, 0.3) is 0 Å². The molecule has 0 radical (unpaired) electrons. The lowest BCUT2D eigenvalue weighted by molar-refractivity contribution is -0.0877. The summed E-state index contributed by atoms with van der Waals surface area (Å²) in [6, 6.07) is 0. The zero-order valence-electron chi connectivity index (χ0n) is 8.30. The van der Waals surface area contributed by atoms with Crippen LogP contribution in [-0.2, 0) is 4.74 Å². The first kappa shape index (κ1) is 11.8. The van der Waals surface area contributed by atoms with E-state index in [1.165, 1.54) is 0 Å². The molecule has 0 aromatic carbocycles. The Morgan fingerprint density at radius 3 is 2.17 bits per heavy atom. The highest BCUT2D eigenvalue weighted by Crippen LogP contribution is 2.16. The van der Waals surface area contributed by atoms with Gasteiger partial charge in [-0.1, -0.05) is 0 Å². The lowest BCUT2D eigenvalue weighted by Gasteiger charge is -2.28. The third-order valence-electron chi connectivity index (χ3n) is 1.64. The Morgan fingerprint density at radius 2 is 1.92 bits per heavy atom. The molecule has 0 aromatic rings. The Labute approximate surface area is 73.7 Å². The van der Waals surface area contributed by atoms with Crippen molar-refractivity contribution in [2.75, 3.05) is 13.3 Å². The average Bonchev–Trinajstić information content (AvgIpc) is 1.85. The predicted octanol–water partition coefficient (Wildman–Crippen LogP) is 1.77. The van der Waals surface area contributed by atoms with Gasteiger partial charge in [-0.25, -0.2) is 0 Å². The second-order valence-electron chi connectivity index (χ2n) is 4.03. The van der Waals surface area contributed by atoms with Crippen LogP contribution in [0.4, 0.5) is 4.39 Å². The Hall–Kier alpha value is -0.150. The van der Waals surface area contributed by atoms with Gasteiger partial charge in [0.05, 0.1) is 25.0 Å². The van der Waals surface area contributed by atoms with Crippen LogP contribution in [0.5, 0.6) is 0 Å². The van der Waals surface area contributed by atoms with Gasteiger partial charge in [0.1, 0.15) is 0 Å². The molecule has 1 N–H and O–H groups in total. The molecule has 0 aliphatic heterocycles. The van der Waals surface area contributed by atoms with E-state index in [1.807, 2.05) is 20.8 Å². The van der Waals surface area contributed by atoms with Gasteiger partial charge in [-0.2, -0.15) is 0 Å². The normalized spacial score (nSPS) is 17.5. The van der Waals surface area contributed by atoms with Gasteiger partial charge in [0, 0.05) is 5.92 Å². The lowest BCUT2D eigenvalue weighted by Crippen LogP contribution is -2.33. The molecule has 2 unspecified atom stereocenters. The largest absolute Gasteiger partial charge is 0.396 e. The monoisotopic (exact) mass is 178 g/mol. The van der Waals surface area contributed by atoms with Gasteiger partial charge in [-0.05, 0) is 27.7 Å². The highest BCUT2D eigenvalue weighted by molar-refractivity contribution is 4.69. The van der Waals surface area contributed by atoms with Crippen molar-refractivity contribution in [3.8, 4) is 0 Å². The van der Waals surface area contributed by atoms with Gasteiger partial charge in [0.2, 0.25) is 0 Å². The number of ether oxygens (including phenoxy) is 1. The van der Waals surface area contributed by atoms with E-state index in [0.29, 0.717) is 0 Å². The average molecular weight is 178 g/mol. The van der Waals surface area contributed by atoms with E-state index < -0.39 is 12.6 Å². The fourth-order valence-corrected chi connectivity index (χ4v) is 0.977. The molecule has 0 heterocycles. The Kier molecular flexibility index (Phi) is 4.71. The molecule has 2 atom stereocenters. The molecular formula is C9H19FO2. The van der Waals surface area contributed by atoms with E-state index in [2.05, 4.69) is 0 Å². The highest BCUT2D eigenvalue weighted by atomic mass is 19.1. The van der Waals surface area contributed by atoms with Crippen LogP contribution in [0.25, 0.3) is 0 Å². The van der Waals surface area contributed by atoms with Crippen LogP contribution in [0.2, 0.25) is 0 Å². The van der Waals surface area contributed by atoms with Gasteiger partial charge < -0.3 is 9.84 Å². The first-order valence-corrected chi connectivity index (χ1v) is 4.25. The predicted molar refractivity (Wildman–Crippen MR) is 46.9 cm³/mol. The zero-order chi connectivity index (χ0) is 9.78. The van der Waals surface area contributed by atoms with E-state index in [-0.39, 0.29) is 18.3 Å². The van der Waals surface area contributed by atoms with Gasteiger partial charge in [-0.3, -0.25) is 4.39 Å². The van der Waals surface area contributed by atoms with Crippen LogP contribution in [-0.4, -0.2) is 30.1 Å². The number of rotatable bonds is 4. The van der Waals surface area contributed by atoms with E-state index >= 15 is 0 Å². The molecule has 0 aliphatic rings. The summed E-state index contributed by atoms with van der Waals surface area (Å²) in [4.78, 5) is 0. The first-order chi connectivity index (χ1) is 5.40. The van der Waals surface area contributed by atoms with Gasteiger partial charge >= 0.3 is 0 Å². The number of aliphatic hydroxyl groups is 1. The summed E-state index contributed by atoms with van der Waals surface area (Å²) in [7, 11) is 0. The van der Waals surface area contributed by atoms with Crippen molar-refractivity contribution in [1.29, 1.82) is 0 Å². The molecule has 0 spiro atoms. The van der Waals surface area contributed by atoms with Crippen molar-refractivity contribution in [2.24, 2.45) is 5.92 Å². The molecule has 3 heteroatoms. The molecule has 0 rings (SSSR count). The van der Waals surface area contributed by atoms with Crippen molar-refractivity contribution in [3.05, 3.63) is 0 Å². The topological polar surface area (TPSA) is 29.5 Å². The summed E-state index contributed by atoms with van der Waals surface area (Å²) >= 11 is 0. The van der Waals surface area contributed by atoms with Crippen molar-refractivity contribution in [3.63, 3.8) is 0 Å². The lowest BCUT2D eigenvalue weighted by atomic mass is 10.1. The summed E-state index contributed by atoms with van der Waals surface area (Å²) in [6.45, 7) is 6.83. The van der Waals surface area contributed by atoms with Crippen molar-refractivity contribution >= 4 is 0 Å². The van der Waals surface area contributed by atoms with Gasteiger partial charge in [-0.15, -0.1) is 0 Å². The van der Waals surface area contributed by atoms with Crippen LogP contribution in [0.1, 0.15) is 27.7 Å². The van der Waals surface area contributed by atoms with Crippen LogP contribution < -0.4 is 0 Å². The summed E-state index contributed by atoms with van der Waals surface area (Å²) in [6.07, 6.45) is -0.236. The van der Waals surface area contributed by atoms with Crippen LogP contribution in [0.15, 0.2) is 0 Å². The molecule has 0 aliphatic carbocycles. The van der Waals surface area contributed by atoms with Crippen LogP contribution in [0, 0.1) is 5.92 Å².